The molecule has 0 radical (unpaired) electrons. The number of aromatic nitrogens is 8. The van der Waals surface area contributed by atoms with E-state index in [1.807, 2.05) is 24.3 Å². The maximum absolute atomic E-state index is 15.8. The smallest absolute Gasteiger partial charge is 0.164 e. The van der Waals surface area contributed by atoms with Crippen molar-refractivity contribution in [3.8, 4) is 85.4 Å². The van der Waals surface area contributed by atoms with Crippen LogP contribution in [0.3, 0.4) is 0 Å². The molecule has 298 valence electrons. The Bertz CT molecular complexity index is 3000. The number of benzene rings is 7. The zero-order valence-electron chi connectivity index (χ0n) is 32.1. The summed E-state index contributed by atoms with van der Waals surface area (Å²) in [5, 5.41) is 0. The fourth-order valence-corrected chi connectivity index (χ4v) is 7.03. The Hall–Kier alpha value is -8.32. The molecule has 0 atom stereocenters. The molecule has 3 heterocycles. The maximum atomic E-state index is 15.8. The Morgan fingerprint density at radius 3 is 1.05 bits per heavy atom. The lowest BCUT2D eigenvalue weighted by atomic mass is 10.0. The van der Waals surface area contributed by atoms with Gasteiger partial charge in [0.1, 0.15) is 34.9 Å². The van der Waals surface area contributed by atoms with Crippen LogP contribution in [0, 0.1) is 29.1 Å². The molecule has 0 saturated carbocycles. The van der Waals surface area contributed by atoms with E-state index >= 15 is 4.39 Å². The second-order valence-electron chi connectivity index (χ2n) is 14.2. The fourth-order valence-electron chi connectivity index (χ4n) is 7.03. The van der Waals surface area contributed by atoms with Gasteiger partial charge in [-0.05, 0) is 140 Å². The second kappa shape index (κ2) is 15.7. The minimum atomic E-state index is -0.482. The first-order valence-electron chi connectivity index (χ1n) is 19.2. The first-order valence-corrected chi connectivity index (χ1v) is 19.2. The quantitative estimate of drug-likeness (QED) is 0.141. The van der Waals surface area contributed by atoms with E-state index in [9.17, 15) is 17.6 Å². The van der Waals surface area contributed by atoms with E-state index in [1.165, 1.54) is 54.6 Å². The van der Waals surface area contributed by atoms with Gasteiger partial charge in [0.15, 0.2) is 34.9 Å². The Labute approximate surface area is 349 Å². The number of hydrogen-bond acceptors (Lipinski definition) is 7. The third kappa shape index (κ3) is 7.43. The zero-order chi connectivity index (χ0) is 42.3. The van der Waals surface area contributed by atoms with Gasteiger partial charge in [0, 0.05) is 38.9 Å². The summed E-state index contributed by atoms with van der Waals surface area (Å²) in [4.78, 5) is 33.9. The van der Waals surface area contributed by atoms with Crippen LogP contribution in [0.1, 0.15) is 0 Å². The third-order valence-electron chi connectivity index (χ3n) is 10.0. The molecule has 0 aliphatic carbocycles. The highest BCUT2D eigenvalue weighted by Gasteiger charge is 2.22. The summed E-state index contributed by atoms with van der Waals surface area (Å²) in [7, 11) is 0. The molecule has 0 saturated heterocycles. The van der Waals surface area contributed by atoms with Gasteiger partial charge in [-0.3, -0.25) is 4.57 Å². The lowest BCUT2D eigenvalue weighted by Gasteiger charge is -2.14. The van der Waals surface area contributed by atoms with Crippen LogP contribution in [0.4, 0.5) is 22.0 Å². The van der Waals surface area contributed by atoms with Gasteiger partial charge in [-0.25, -0.2) is 56.8 Å². The van der Waals surface area contributed by atoms with E-state index in [4.69, 9.17) is 34.9 Å². The summed E-state index contributed by atoms with van der Waals surface area (Å²) in [6.45, 7) is 0. The summed E-state index contributed by atoms with van der Waals surface area (Å²) < 4.78 is 74.1. The molecular formula is C49H27F5N8. The molecule has 10 aromatic rings. The molecule has 0 unspecified atom stereocenters. The molecule has 3 aromatic heterocycles. The third-order valence-corrected chi connectivity index (χ3v) is 10.0. The molecule has 0 aliphatic heterocycles. The van der Waals surface area contributed by atoms with Crippen LogP contribution in [0.2, 0.25) is 0 Å². The van der Waals surface area contributed by atoms with E-state index in [0.29, 0.717) is 55.8 Å². The van der Waals surface area contributed by atoms with Crippen molar-refractivity contribution in [2.45, 2.75) is 0 Å². The molecule has 0 N–H and O–H groups in total. The van der Waals surface area contributed by atoms with Crippen molar-refractivity contribution in [3.63, 3.8) is 0 Å². The predicted octanol–water partition coefficient (Wildman–Crippen LogP) is 11.8. The largest absolute Gasteiger partial charge is 0.289 e. The molecule has 7 aromatic carbocycles. The van der Waals surface area contributed by atoms with Crippen LogP contribution >= 0.6 is 0 Å². The SMILES string of the molecule is Fc1ccc(-c2nc(-c3ccc(F)cc3)nc(-c3cc(-c4nc(-c5ccc(F)cc5)nc(-c5ccc(F)cc5)n4)cc(-c4nc5ccccc5n4-c4ccccc4F)c3)n2)cc1. The van der Waals surface area contributed by atoms with E-state index < -0.39 is 29.1 Å². The van der Waals surface area contributed by atoms with Crippen molar-refractivity contribution in [2.24, 2.45) is 0 Å². The first kappa shape index (κ1) is 37.9. The number of nitrogens with zero attached hydrogens (tertiary/aromatic N) is 8. The molecule has 0 bridgehead atoms. The second-order valence-corrected chi connectivity index (χ2v) is 14.2. The average Bonchev–Trinajstić information content (AvgIpc) is 3.69. The minimum Gasteiger partial charge on any atom is -0.289 e. The fraction of sp³-hybridized carbons (Fsp3) is 0. The van der Waals surface area contributed by atoms with Gasteiger partial charge in [-0.2, -0.15) is 0 Å². The highest BCUT2D eigenvalue weighted by molar-refractivity contribution is 5.86. The van der Waals surface area contributed by atoms with Gasteiger partial charge in [-0.15, -0.1) is 0 Å². The van der Waals surface area contributed by atoms with Gasteiger partial charge < -0.3 is 0 Å². The highest BCUT2D eigenvalue weighted by Crippen LogP contribution is 2.36. The number of hydrogen-bond donors (Lipinski definition) is 0. The van der Waals surface area contributed by atoms with Crippen LogP contribution < -0.4 is 0 Å². The molecule has 0 fully saturated rings. The molecular weight excluding hydrogens is 796 g/mol. The number of para-hydroxylation sites is 3. The van der Waals surface area contributed by atoms with Crippen LogP contribution in [0.25, 0.3) is 96.4 Å². The van der Waals surface area contributed by atoms with E-state index in [0.717, 1.165) is 0 Å². The van der Waals surface area contributed by atoms with Crippen molar-refractivity contribution in [3.05, 3.63) is 193 Å². The zero-order valence-corrected chi connectivity index (χ0v) is 32.1. The normalized spacial score (nSPS) is 11.3. The van der Waals surface area contributed by atoms with Crippen LogP contribution in [-0.2, 0) is 0 Å². The molecule has 0 aliphatic rings. The topological polar surface area (TPSA) is 95.2 Å². The van der Waals surface area contributed by atoms with Crippen molar-refractivity contribution in [2.75, 3.05) is 0 Å². The molecule has 0 amide bonds. The number of fused-ring (bicyclic) bond motifs is 1. The van der Waals surface area contributed by atoms with Gasteiger partial charge in [0.2, 0.25) is 0 Å². The standard InChI is InChI=1S/C49H27F5N8/c50-35-17-9-28(10-18-35)43-56-44(29-11-19-36(51)20-12-29)59-47(58-43)32-25-33(27-34(26-32)49-55-40-6-2-4-8-42(40)62(49)41-7-3-1-5-39(41)54)48-60-45(30-13-21-37(52)22-14-30)57-46(61-48)31-15-23-38(53)24-16-31/h1-27H. The van der Waals surface area contributed by atoms with Crippen molar-refractivity contribution >= 4 is 11.0 Å². The first-order chi connectivity index (χ1) is 30.2. The minimum absolute atomic E-state index is 0.168. The molecule has 0 spiro atoms. The molecule has 62 heavy (non-hydrogen) atoms. The highest BCUT2D eigenvalue weighted by atomic mass is 19.1. The van der Waals surface area contributed by atoms with Gasteiger partial charge in [0.25, 0.3) is 0 Å². The van der Waals surface area contributed by atoms with Crippen molar-refractivity contribution < 1.29 is 22.0 Å². The summed E-state index contributed by atoms with van der Waals surface area (Å²) in [5.41, 5.74) is 4.75. The number of imidazole rings is 1. The van der Waals surface area contributed by atoms with Gasteiger partial charge in [0.05, 0.1) is 16.7 Å². The van der Waals surface area contributed by atoms with Crippen molar-refractivity contribution in [1.82, 2.24) is 39.5 Å². The van der Waals surface area contributed by atoms with Crippen LogP contribution in [0.15, 0.2) is 164 Å². The number of halogens is 5. The summed E-state index contributed by atoms with van der Waals surface area (Å²) in [5.74, 6) is -0.763. The summed E-state index contributed by atoms with van der Waals surface area (Å²) in [6.07, 6.45) is 0. The summed E-state index contributed by atoms with van der Waals surface area (Å²) in [6, 6.07) is 41.7. The molecule has 13 heteroatoms. The Morgan fingerprint density at radius 2 is 0.645 bits per heavy atom. The monoisotopic (exact) mass is 822 g/mol. The van der Waals surface area contributed by atoms with E-state index in [2.05, 4.69) is 0 Å². The Kier molecular flexibility index (Phi) is 9.60. The van der Waals surface area contributed by atoms with Gasteiger partial charge >= 0.3 is 0 Å². The predicted molar refractivity (Wildman–Crippen MR) is 226 cm³/mol. The number of rotatable bonds is 8. The molecule has 10 rings (SSSR count). The Morgan fingerprint density at radius 1 is 0.306 bits per heavy atom. The lowest BCUT2D eigenvalue weighted by Crippen LogP contribution is -2.04. The van der Waals surface area contributed by atoms with Gasteiger partial charge in [-0.1, -0.05) is 24.3 Å². The van der Waals surface area contributed by atoms with Crippen LogP contribution in [0.5, 0.6) is 0 Å². The molecule has 8 nitrogen and oxygen atoms in total. The lowest BCUT2D eigenvalue weighted by molar-refractivity contribution is 0.620. The maximum Gasteiger partial charge on any atom is 0.164 e. The average molecular weight is 823 g/mol. The summed E-state index contributed by atoms with van der Waals surface area (Å²) >= 11 is 0. The van der Waals surface area contributed by atoms with E-state index in [1.54, 1.807) is 89.5 Å². The van der Waals surface area contributed by atoms with Crippen molar-refractivity contribution in [1.29, 1.82) is 0 Å². The van der Waals surface area contributed by atoms with Crippen LogP contribution in [-0.4, -0.2) is 39.5 Å². The van der Waals surface area contributed by atoms with E-state index in [-0.39, 0.29) is 40.6 Å². The Balaban J connectivity index is 1.26.